The summed E-state index contributed by atoms with van der Waals surface area (Å²) in [6, 6.07) is 26.3. The number of ether oxygens (including phenoxy) is 1. The number of hydrogen-bond donors (Lipinski definition) is 1. The standard InChI is InChI=1S/C26H29NO2/c1-26(2,3)21-15-16-24(29-4)23(17-21)27-25(28)18-22(19-11-7-5-8-12-19)20-13-9-6-10-14-20/h5-17,22H,18H2,1-4H3,(H,27,28). The molecule has 29 heavy (non-hydrogen) atoms. The number of carbonyl (C=O) groups excluding carboxylic acids is 1. The molecule has 0 atom stereocenters. The van der Waals surface area contributed by atoms with Gasteiger partial charge in [0.1, 0.15) is 5.75 Å². The molecule has 0 aromatic heterocycles. The van der Waals surface area contributed by atoms with E-state index in [0.717, 1.165) is 16.7 Å². The molecule has 0 aliphatic rings. The van der Waals surface area contributed by atoms with Crippen LogP contribution in [0.4, 0.5) is 5.69 Å². The molecule has 0 spiro atoms. The van der Waals surface area contributed by atoms with Crippen LogP contribution in [-0.4, -0.2) is 13.0 Å². The van der Waals surface area contributed by atoms with Crippen LogP contribution in [0, 0.1) is 0 Å². The molecule has 3 nitrogen and oxygen atoms in total. The zero-order valence-electron chi connectivity index (χ0n) is 17.6. The van der Waals surface area contributed by atoms with Crippen molar-refractivity contribution in [1.82, 2.24) is 0 Å². The molecule has 0 unspecified atom stereocenters. The first-order chi connectivity index (χ1) is 13.9. The highest BCUT2D eigenvalue weighted by Gasteiger charge is 2.20. The average Bonchev–Trinajstić information content (AvgIpc) is 2.72. The van der Waals surface area contributed by atoms with Gasteiger partial charge in [-0.2, -0.15) is 0 Å². The Bertz CT molecular complexity index is 904. The number of anilines is 1. The largest absolute Gasteiger partial charge is 0.495 e. The Hall–Kier alpha value is -3.07. The molecular formula is C26H29NO2. The van der Waals surface area contributed by atoms with Gasteiger partial charge in [-0.3, -0.25) is 4.79 Å². The van der Waals surface area contributed by atoms with Crippen molar-refractivity contribution < 1.29 is 9.53 Å². The number of benzene rings is 3. The minimum atomic E-state index is -0.0351. The summed E-state index contributed by atoms with van der Waals surface area (Å²) in [5.41, 5.74) is 4.11. The molecule has 1 amide bonds. The molecule has 0 saturated carbocycles. The Morgan fingerprint density at radius 1 is 0.897 bits per heavy atom. The highest BCUT2D eigenvalue weighted by atomic mass is 16.5. The fourth-order valence-corrected chi connectivity index (χ4v) is 3.46. The lowest BCUT2D eigenvalue weighted by Gasteiger charge is -2.22. The fourth-order valence-electron chi connectivity index (χ4n) is 3.46. The first kappa shape index (κ1) is 20.7. The van der Waals surface area contributed by atoms with Crippen LogP contribution in [0.2, 0.25) is 0 Å². The van der Waals surface area contributed by atoms with E-state index >= 15 is 0 Å². The van der Waals surface area contributed by atoms with Gasteiger partial charge in [0.05, 0.1) is 12.8 Å². The fraction of sp³-hybridized carbons (Fsp3) is 0.269. The van der Waals surface area contributed by atoms with E-state index in [1.807, 2.05) is 54.6 Å². The van der Waals surface area contributed by atoms with E-state index in [1.54, 1.807) is 7.11 Å². The summed E-state index contributed by atoms with van der Waals surface area (Å²) in [6.07, 6.45) is 0.358. The predicted molar refractivity (Wildman–Crippen MR) is 120 cm³/mol. The summed E-state index contributed by atoms with van der Waals surface area (Å²) in [6.45, 7) is 6.46. The molecule has 0 bridgehead atoms. The Kier molecular flexibility index (Phi) is 6.38. The quantitative estimate of drug-likeness (QED) is 0.550. The summed E-state index contributed by atoms with van der Waals surface area (Å²) in [7, 11) is 1.62. The van der Waals surface area contributed by atoms with Gasteiger partial charge >= 0.3 is 0 Å². The van der Waals surface area contributed by atoms with Gasteiger partial charge in [0.15, 0.2) is 0 Å². The molecule has 1 N–H and O–H groups in total. The van der Waals surface area contributed by atoms with Crippen LogP contribution in [0.5, 0.6) is 5.75 Å². The van der Waals surface area contributed by atoms with Crippen molar-refractivity contribution in [2.75, 3.05) is 12.4 Å². The van der Waals surface area contributed by atoms with Gasteiger partial charge in [0, 0.05) is 12.3 Å². The van der Waals surface area contributed by atoms with Crippen molar-refractivity contribution >= 4 is 11.6 Å². The number of methoxy groups -OCH3 is 1. The van der Waals surface area contributed by atoms with Gasteiger partial charge in [-0.1, -0.05) is 87.5 Å². The molecule has 0 fully saturated rings. The van der Waals surface area contributed by atoms with E-state index in [2.05, 4.69) is 50.4 Å². The lowest BCUT2D eigenvalue weighted by Crippen LogP contribution is -2.18. The van der Waals surface area contributed by atoms with E-state index in [1.165, 1.54) is 0 Å². The van der Waals surface area contributed by atoms with Crippen molar-refractivity contribution in [1.29, 1.82) is 0 Å². The molecule has 0 aliphatic heterocycles. The van der Waals surface area contributed by atoms with Crippen LogP contribution < -0.4 is 10.1 Å². The third-order valence-electron chi connectivity index (χ3n) is 5.13. The van der Waals surface area contributed by atoms with Crippen molar-refractivity contribution in [3.05, 3.63) is 95.6 Å². The summed E-state index contributed by atoms with van der Waals surface area (Å²) in [4.78, 5) is 13.0. The molecule has 0 saturated heterocycles. The summed E-state index contributed by atoms with van der Waals surface area (Å²) < 4.78 is 5.47. The maximum absolute atomic E-state index is 13.0. The Morgan fingerprint density at radius 3 is 1.93 bits per heavy atom. The van der Waals surface area contributed by atoms with Gasteiger partial charge in [-0.25, -0.2) is 0 Å². The highest BCUT2D eigenvalue weighted by molar-refractivity contribution is 5.93. The maximum atomic E-state index is 13.0. The smallest absolute Gasteiger partial charge is 0.225 e. The van der Waals surface area contributed by atoms with Crippen LogP contribution in [0.15, 0.2) is 78.9 Å². The maximum Gasteiger partial charge on any atom is 0.225 e. The van der Waals surface area contributed by atoms with Crippen molar-refractivity contribution in [2.24, 2.45) is 0 Å². The third kappa shape index (κ3) is 5.26. The van der Waals surface area contributed by atoms with Crippen LogP contribution >= 0.6 is 0 Å². The van der Waals surface area contributed by atoms with Crippen molar-refractivity contribution in [2.45, 2.75) is 38.5 Å². The van der Waals surface area contributed by atoms with Crippen molar-refractivity contribution in [3.8, 4) is 5.75 Å². The SMILES string of the molecule is COc1ccc(C(C)(C)C)cc1NC(=O)CC(c1ccccc1)c1ccccc1. The minimum absolute atomic E-state index is 0.00538. The molecule has 3 heteroatoms. The minimum Gasteiger partial charge on any atom is -0.495 e. The molecule has 3 aromatic carbocycles. The van der Waals surface area contributed by atoms with E-state index < -0.39 is 0 Å². The molecule has 3 rings (SSSR count). The normalized spacial score (nSPS) is 11.3. The van der Waals surface area contributed by atoms with Crippen LogP contribution in [0.1, 0.15) is 49.8 Å². The summed E-state index contributed by atoms with van der Waals surface area (Å²) >= 11 is 0. The molecule has 0 aliphatic carbocycles. The number of carbonyl (C=O) groups is 1. The van der Waals surface area contributed by atoms with E-state index in [-0.39, 0.29) is 17.2 Å². The molecular weight excluding hydrogens is 358 g/mol. The van der Waals surface area contributed by atoms with E-state index in [4.69, 9.17) is 4.74 Å². The van der Waals surface area contributed by atoms with Gasteiger partial charge in [0.25, 0.3) is 0 Å². The second-order valence-corrected chi connectivity index (χ2v) is 8.29. The summed E-state index contributed by atoms with van der Waals surface area (Å²) in [5.74, 6) is 0.628. The predicted octanol–water partition coefficient (Wildman–Crippen LogP) is 6.15. The molecule has 150 valence electrons. The zero-order chi connectivity index (χ0) is 20.9. The zero-order valence-corrected chi connectivity index (χ0v) is 17.6. The molecule has 0 heterocycles. The number of rotatable bonds is 6. The number of nitrogens with one attached hydrogen (secondary N) is 1. The second-order valence-electron chi connectivity index (χ2n) is 8.29. The van der Waals surface area contributed by atoms with E-state index in [0.29, 0.717) is 17.9 Å². The monoisotopic (exact) mass is 387 g/mol. The molecule has 3 aromatic rings. The Labute approximate surface area is 173 Å². The lowest BCUT2D eigenvalue weighted by atomic mass is 9.86. The van der Waals surface area contributed by atoms with Gasteiger partial charge in [-0.15, -0.1) is 0 Å². The van der Waals surface area contributed by atoms with E-state index in [9.17, 15) is 4.79 Å². The number of hydrogen-bond acceptors (Lipinski definition) is 2. The Balaban J connectivity index is 1.86. The topological polar surface area (TPSA) is 38.3 Å². The average molecular weight is 388 g/mol. The van der Waals surface area contributed by atoms with Gasteiger partial charge < -0.3 is 10.1 Å². The van der Waals surface area contributed by atoms with Gasteiger partial charge in [0.2, 0.25) is 5.91 Å². The second kappa shape index (κ2) is 8.95. The van der Waals surface area contributed by atoms with Crippen LogP contribution in [-0.2, 0) is 10.2 Å². The summed E-state index contributed by atoms with van der Waals surface area (Å²) in [5, 5.41) is 3.08. The van der Waals surface area contributed by atoms with Crippen LogP contribution in [0.25, 0.3) is 0 Å². The highest BCUT2D eigenvalue weighted by Crippen LogP contribution is 2.33. The van der Waals surface area contributed by atoms with Crippen LogP contribution in [0.3, 0.4) is 0 Å². The third-order valence-corrected chi connectivity index (χ3v) is 5.13. The van der Waals surface area contributed by atoms with Gasteiger partial charge in [-0.05, 0) is 34.2 Å². The van der Waals surface area contributed by atoms with Crippen molar-refractivity contribution in [3.63, 3.8) is 0 Å². The lowest BCUT2D eigenvalue weighted by molar-refractivity contribution is -0.116. The Morgan fingerprint density at radius 2 is 1.45 bits per heavy atom. The molecule has 0 radical (unpaired) electrons. The number of amides is 1. The first-order valence-electron chi connectivity index (χ1n) is 9.97. The first-order valence-corrected chi connectivity index (χ1v) is 9.97.